The van der Waals surface area contributed by atoms with E-state index in [1.807, 2.05) is 58.0 Å². The highest BCUT2D eigenvalue weighted by atomic mass is 35.5. The summed E-state index contributed by atoms with van der Waals surface area (Å²) in [5.74, 6) is 0. The average Bonchev–Trinajstić information content (AvgIpc) is 2.35. The Morgan fingerprint density at radius 3 is 2.16 bits per heavy atom. The quantitative estimate of drug-likeness (QED) is 0.392. The predicted molar refractivity (Wildman–Crippen MR) is 86.4 cm³/mol. The fourth-order valence-electron chi connectivity index (χ4n) is 1.09. The van der Waals surface area contributed by atoms with Crippen molar-refractivity contribution in [2.45, 2.75) is 54.0 Å². The van der Waals surface area contributed by atoms with Crippen LogP contribution in [0.1, 0.15) is 48.0 Å². The Morgan fingerprint density at radius 1 is 1.26 bits per heavy atom. The van der Waals surface area contributed by atoms with Crippen molar-refractivity contribution >= 4 is 17.9 Å². The summed E-state index contributed by atoms with van der Waals surface area (Å²) in [6.07, 6.45) is 7.03. The van der Waals surface area contributed by atoms with Gasteiger partial charge in [0.1, 0.15) is 6.29 Å². The average molecular weight is 286 g/mol. The lowest BCUT2D eigenvalue weighted by atomic mass is 10.2. The van der Waals surface area contributed by atoms with Gasteiger partial charge in [-0.3, -0.25) is 4.79 Å². The molecule has 0 N–H and O–H groups in total. The molecule has 0 aromatic rings. The maximum absolute atomic E-state index is 10.9. The van der Waals surface area contributed by atoms with Gasteiger partial charge in [0.05, 0.1) is 0 Å². The Kier molecular flexibility index (Phi) is 12.9. The molecule has 0 aliphatic carbocycles. The molecule has 0 heterocycles. The van der Waals surface area contributed by atoms with Crippen molar-refractivity contribution in [1.82, 2.24) is 4.90 Å². The van der Waals surface area contributed by atoms with E-state index in [4.69, 9.17) is 11.6 Å². The fourth-order valence-corrected chi connectivity index (χ4v) is 1.39. The number of hydrogen-bond donors (Lipinski definition) is 0. The van der Waals surface area contributed by atoms with E-state index < -0.39 is 0 Å². The predicted octanol–water partition coefficient (Wildman–Crippen LogP) is 4.91. The standard InChI is InChI=1S/C14H22ClNO.C2H6/c1-11(2)8-14(15)7-6-13(10-17)9-16(5)12(3)4;1-2/h7-10,12H,6H2,1-5H3;1-2H3/b13-9+,14-7+;. The Labute approximate surface area is 123 Å². The van der Waals surface area contributed by atoms with Gasteiger partial charge in [-0.05, 0) is 40.2 Å². The van der Waals surface area contributed by atoms with Crippen LogP contribution >= 0.6 is 11.6 Å². The molecule has 0 bridgehead atoms. The maximum atomic E-state index is 10.9. The van der Waals surface area contributed by atoms with Gasteiger partial charge in [-0.2, -0.15) is 0 Å². The molecule has 0 saturated carbocycles. The molecular weight excluding hydrogens is 258 g/mol. The van der Waals surface area contributed by atoms with Gasteiger partial charge in [-0.1, -0.05) is 37.1 Å². The van der Waals surface area contributed by atoms with Crippen molar-refractivity contribution in [3.05, 3.63) is 34.5 Å². The first kappa shape index (κ1) is 20.3. The van der Waals surface area contributed by atoms with Crippen molar-refractivity contribution in [3.63, 3.8) is 0 Å². The van der Waals surface area contributed by atoms with Crippen molar-refractivity contribution in [3.8, 4) is 0 Å². The number of nitrogens with zero attached hydrogens (tertiary/aromatic N) is 1. The van der Waals surface area contributed by atoms with Gasteiger partial charge in [-0.25, -0.2) is 0 Å². The molecule has 0 aromatic carbocycles. The number of rotatable bonds is 6. The number of carbonyl (C=O) groups excluding carboxylic acids is 1. The fraction of sp³-hybridized carbons (Fsp3) is 0.562. The van der Waals surface area contributed by atoms with E-state index >= 15 is 0 Å². The second-order valence-corrected chi connectivity index (χ2v) is 5.03. The van der Waals surface area contributed by atoms with E-state index in [0.717, 1.165) is 17.4 Å². The van der Waals surface area contributed by atoms with Crippen LogP contribution in [0.3, 0.4) is 0 Å². The summed E-state index contributed by atoms with van der Waals surface area (Å²) in [7, 11) is 1.95. The van der Waals surface area contributed by atoms with Crippen LogP contribution in [0.25, 0.3) is 0 Å². The van der Waals surface area contributed by atoms with Crippen LogP contribution in [-0.2, 0) is 4.79 Å². The number of hydrogen-bond acceptors (Lipinski definition) is 2. The van der Waals surface area contributed by atoms with E-state index in [0.29, 0.717) is 17.5 Å². The highest BCUT2D eigenvalue weighted by Crippen LogP contribution is 2.11. The van der Waals surface area contributed by atoms with Crippen LogP contribution in [0.5, 0.6) is 0 Å². The molecule has 0 atom stereocenters. The Balaban J connectivity index is 0. The molecule has 3 heteroatoms. The van der Waals surface area contributed by atoms with Gasteiger partial charge < -0.3 is 4.90 Å². The van der Waals surface area contributed by atoms with Crippen LogP contribution in [0.15, 0.2) is 34.5 Å². The lowest BCUT2D eigenvalue weighted by molar-refractivity contribution is -0.105. The molecule has 2 nitrogen and oxygen atoms in total. The number of halogens is 1. The minimum atomic E-state index is 0.377. The zero-order valence-corrected chi connectivity index (χ0v) is 14.1. The van der Waals surface area contributed by atoms with Gasteiger partial charge in [0.25, 0.3) is 0 Å². The van der Waals surface area contributed by atoms with Crippen molar-refractivity contribution < 1.29 is 4.79 Å². The molecule has 0 aliphatic rings. The topological polar surface area (TPSA) is 20.3 Å². The SMILES string of the molecule is CC.CC(C)=C/C(Cl)=C\C/C(C=O)=C\N(C)C(C)C. The highest BCUT2D eigenvalue weighted by Gasteiger charge is 2.00. The van der Waals surface area contributed by atoms with Gasteiger partial charge in [-0.15, -0.1) is 0 Å². The van der Waals surface area contributed by atoms with Gasteiger partial charge in [0.2, 0.25) is 0 Å². The molecule has 0 radical (unpaired) electrons. The summed E-state index contributed by atoms with van der Waals surface area (Å²) in [4.78, 5) is 12.9. The molecule has 0 aromatic heterocycles. The van der Waals surface area contributed by atoms with Crippen LogP contribution < -0.4 is 0 Å². The number of aldehydes is 1. The van der Waals surface area contributed by atoms with E-state index in [1.165, 1.54) is 0 Å². The second kappa shape index (κ2) is 12.0. The molecule has 0 aliphatic heterocycles. The molecule has 0 spiro atoms. The smallest absolute Gasteiger partial charge is 0.147 e. The van der Waals surface area contributed by atoms with Crippen molar-refractivity contribution in [2.24, 2.45) is 0 Å². The minimum absolute atomic E-state index is 0.377. The van der Waals surface area contributed by atoms with E-state index in [-0.39, 0.29) is 0 Å². The summed E-state index contributed by atoms with van der Waals surface area (Å²) in [5.41, 5.74) is 1.86. The van der Waals surface area contributed by atoms with Crippen LogP contribution in [-0.4, -0.2) is 24.3 Å². The highest BCUT2D eigenvalue weighted by molar-refractivity contribution is 6.31. The summed E-state index contributed by atoms with van der Waals surface area (Å²) >= 11 is 6.00. The minimum Gasteiger partial charge on any atom is -0.378 e. The largest absolute Gasteiger partial charge is 0.378 e. The summed E-state index contributed by atoms with van der Waals surface area (Å²) in [6, 6.07) is 0.377. The first-order valence-corrected chi connectivity index (χ1v) is 7.13. The first-order valence-electron chi connectivity index (χ1n) is 6.75. The third kappa shape index (κ3) is 11.8. The van der Waals surface area contributed by atoms with E-state index in [1.54, 1.807) is 0 Å². The molecule has 0 unspecified atom stereocenters. The molecule has 0 fully saturated rings. The van der Waals surface area contributed by atoms with E-state index in [9.17, 15) is 4.79 Å². The van der Waals surface area contributed by atoms with Gasteiger partial charge in [0, 0.05) is 29.9 Å². The third-order valence-corrected chi connectivity index (χ3v) is 2.56. The Morgan fingerprint density at radius 2 is 1.79 bits per heavy atom. The van der Waals surface area contributed by atoms with Crippen molar-refractivity contribution in [1.29, 1.82) is 0 Å². The monoisotopic (exact) mass is 285 g/mol. The lowest BCUT2D eigenvalue weighted by Crippen LogP contribution is -2.20. The number of carbonyl (C=O) groups is 1. The van der Waals surface area contributed by atoms with Crippen LogP contribution in [0.2, 0.25) is 0 Å². The third-order valence-electron chi connectivity index (χ3n) is 2.29. The second-order valence-electron chi connectivity index (χ2n) is 4.60. The van der Waals surface area contributed by atoms with Crippen LogP contribution in [0, 0.1) is 0 Å². The van der Waals surface area contributed by atoms with E-state index in [2.05, 4.69) is 13.8 Å². The Hall–Kier alpha value is -1.02. The van der Waals surface area contributed by atoms with Crippen LogP contribution in [0.4, 0.5) is 0 Å². The van der Waals surface area contributed by atoms with Gasteiger partial charge in [0.15, 0.2) is 0 Å². The summed E-state index contributed by atoms with van der Waals surface area (Å²) in [6.45, 7) is 12.1. The molecule has 0 amide bonds. The zero-order chi connectivity index (χ0) is 15.4. The summed E-state index contributed by atoms with van der Waals surface area (Å²) < 4.78 is 0. The maximum Gasteiger partial charge on any atom is 0.147 e. The molecular formula is C16H28ClNO. The van der Waals surface area contributed by atoms with Crippen molar-refractivity contribution in [2.75, 3.05) is 7.05 Å². The summed E-state index contributed by atoms with van der Waals surface area (Å²) in [5, 5.41) is 0.671. The zero-order valence-electron chi connectivity index (χ0n) is 13.3. The lowest BCUT2D eigenvalue weighted by Gasteiger charge is -2.19. The first-order chi connectivity index (χ1) is 8.86. The Bertz CT molecular complexity index is 337. The molecule has 0 saturated heterocycles. The molecule has 0 rings (SSSR count). The van der Waals surface area contributed by atoms with Gasteiger partial charge >= 0.3 is 0 Å². The number of allylic oxidation sites excluding steroid dienone is 5. The normalized spacial score (nSPS) is 11.6. The molecule has 110 valence electrons. The molecule has 19 heavy (non-hydrogen) atoms.